The highest BCUT2D eigenvalue weighted by Gasteiger charge is 2.52. The second-order valence-corrected chi connectivity index (χ2v) is 15.9. The second kappa shape index (κ2) is 15.2. The molecule has 0 aliphatic carbocycles. The largest absolute Gasteiger partial charge is 0.453 e. The molecule has 0 bridgehead atoms. The number of benzene rings is 2. The number of nitrogens with one attached hydrogen (secondary N) is 3. The highest BCUT2D eigenvalue weighted by Crippen LogP contribution is 2.45. The van der Waals surface area contributed by atoms with Gasteiger partial charge in [-0.3, -0.25) is 9.59 Å². The fourth-order valence-electron chi connectivity index (χ4n) is 7.86. The van der Waals surface area contributed by atoms with Gasteiger partial charge in [0.25, 0.3) is 0 Å². The van der Waals surface area contributed by atoms with Crippen LogP contribution in [-0.2, 0) is 19.2 Å². The van der Waals surface area contributed by atoms with E-state index in [-0.39, 0.29) is 41.7 Å². The van der Waals surface area contributed by atoms with Gasteiger partial charge in [-0.1, -0.05) is 63.7 Å². The van der Waals surface area contributed by atoms with Gasteiger partial charge in [-0.15, -0.1) is 0 Å². The average molecular weight is 747 g/mol. The van der Waals surface area contributed by atoms with Crippen molar-refractivity contribution in [1.29, 1.82) is 0 Å². The summed E-state index contributed by atoms with van der Waals surface area (Å²) in [6, 6.07) is 12.7. The molecule has 3 N–H and O–H groups in total. The van der Waals surface area contributed by atoms with E-state index in [1.54, 1.807) is 11.1 Å². The number of H-pyrrole nitrogens is 2. The van der Waals surface area contributed by atoms with Crippen molar-refractivity contribution in [3.05, 3.63) is 71.4 Å². The first-order valence-corrected chi connectivity index (χ1v) is 19.2. The maximum absolute atomic E-state index is 13.7. The SMILES string of the molecule is COC(=O)N[C@H](C(=O)N1CCC[C@H]1c1ncc(-c2ccc(C#Cc3ccc4nc([C@@H]5C[C@@]6(CC(C)=NO6)CN5C(=O)[C@@H](C)C(C)C)[nH]c4c3)cc2)[nH]1)C(C)C. The van der Waals surface area contributed by atoms with Crippen LogP contribution in [0, 0.1) is 29.6 Å². The molecule has 288 valence electrons. The van der Waals surface area contributed by atoms with Crippen molar-refractivity contribution in [2.24, 2.45) is 22.9 Å². The molecular formula is C42H50N8O5. The maximum atomic E-state index is 13.7. The van der Waals surface area contributed by atoms with Gasteiger partial charge in [0.15, 0.2) is 5.60 Å². The van der Waals surface area contributed by atoms with Crippen LogP contribution in [0.4, 0.5) is 4.79 Å². The lowest BCUT2D eigenvalue weighted by Gasteiger charge is -2.30. The summed E-state index contributed by atoms with van der Waals surface area (Å²) < 4.78 is 4.75. The third kappa shape index (κ3) is 7.68. The van der Waals surface area contributed by atoms with Crippen LogP contribution in [0.5, 0.6) is 0 Å². The summed E-state index contributed by atoms with van der Waals surface area (Å²) in [5.41, 5.74) is 5.59. The number of methoxy groups -OCH3 is 1. The lowest BCUT2D eigenvalue weighted by molar-refractivity contribution is -0.138. The minimum absolute atomic E-state index is 0.103. The molecule has 5 atom stereocenters. The van der Waals surface area contributed by atoms with Crippen molar-refractivity contribution < 1.29 is 24.0 Å². The van der Waals surface area contributed by atoms with Crippen LogP contribution in [0.2, 0.25) is 0 Å². The standard InChI is InChI=1S/C42H50N8O5/c1-24(2)27(6)39(51)50-23-42(20-26(5)48-55-42)21-35(50)38-44-31-17-14-29(19-32(31)45-38)11-10-28-12-15-30(16-13-28)33-22-43-37(46-33)34-9-8-18-49(34)40(52)36(25(3)4)47-41(53)54-7/h12-17,19,22,24-25,27,34-36H,8-9,18,20-21,23H2,1-7H3,(H,43,46)(H,44,45)(H,47,53)/t27-,34-,35-,36-,42-/m0/s1. The Kier molecular flexibility index (Phi) is 10.4. The van der Waals surface area contributed by atoms with Crippen molar-refractivity contribution in [2.75, 3.05) is 20.2 Å². The molecule has 3 aliphatic heterocycles. The number of nitrogens with zero attached hydrogens (tertiary/aromatic N) is 5. The van der Waals surface area contributed by atoms with E-state index >= 15 is 0 Å². The fourth-order valence-corrected chi connectivity index (χ4v) is 7.86. The van der Waals surface area contributed by atoms with E-state index in [0.717, 1.165) is 63.6 Å². The van der Waals surface area contributed by atoms with Crippen LogP contribution < -0.4 is 5.32 Å². The number of carbonyl (C=O) groups excluding carboxylic acids is 3. The van der Waals surface area contributed by atoms with Gasteiger partial charge in [0.2, 0.25) is 11.8 Å². The maximum Gasteiger partial charge on any atom is 0.407 e. The number of hydrogen-bond acceptors (Lipinski definition) is 8. The number of rotatable bonds is 8. The third-order valence-electron chi connectivity index (χ3n) is 11.2. The van der Waals surface area contributed by atoms with Crippen molar-refractivity contribution in [2.45, 2.75) is 91.0 Å². The van der Waals surface area contributed by atoms with Crippen LogP contribution >= 0.6 is 0 Å². The van der Waals surface area contributed by atoms with E-state index in [1.807, 2.05) is 75.1 Å². The number of alkyl carbamates (subject to hydrolysis) is 1. The van der Waals surface area contributed by atoms with Gasteiger partial charge in [-0.2, -0.15) is 0 Å². The molecule has 0 unspecified atom stereocenters. The van der Waals surface area contributed by atoms with Crippen LogP contribution in [0.25, 0.3) is 22.3 Å². The van der Waals surface area contributed by atoms with E-state index < -0.39 is 17.7 Å². The van der Waals surface area contributed by atoms with Gasteiger partial charge in [0.05, 0.1) is 54.4 Å². The molecule has 2 saturated heterocycles. The Balaban J connectivity index is 1.04. The minimum Gasteiger partial charge on any atom is -0.453 e. The molecule has 1 spiro atoms. The molecule has 0 saturated carbocycles. The second-order valence-electron chi connectivity index (χ2n) is 15.9. The monoisotopic (exact) mass is 746 g/mol. The first-order chi connectivity index (χ1) is 26.3. The first-order valence-electron chi connectivity index (χ1n) is 19.2. The summed E-state index contributed by atoms with van der Waals surface area (Å²) in [5, 5.41) is 6.93. The Bertz CT molecular complexity index is 2180. The molecule has 4 aromatic rings. The number of ether oxygens (including phenoxy) is 1. The van der Waals surface area contributed by atoms with Crippen molar-refractivity contribution in [1.82, 2.24) is 35.1 Å². The van der Waals surface area contributed by atoms with Gasteiger partial charge in [0.1, 0.15) is 17.7 Å². The van der Waals surface area contributed by atoms with Crippen LogP contribution in [0.3, 0.4) is 0 Å². The molecule has 2 aromatic heterocycles. The summed E-state index contributed by atoms with van der Waals surface area (Å²) in [5.74, 6) is 7.98. The van der Waals surface area contributed by atoms with E-state index in [9.17, 15) is 14.4 Å². The van der Waals surface area contributed by atoms with Gasteiger partial charge in [-0.25, -0.2) is 14.8 Å². The molecule has 5 heterocycles. The molecule has 3 amide bonds. The summed E-state index contributed by atoms with van der Waals surface area (Å²) in [6.07, 6.45) is 4.12. The summed E-state index contributed by atoms with van der Waals surface area (Å²) >= 11 is 0. The lowest BCUT2D eigenvalue weighted by atomic mass is 9.94. The first kappa shape index (κ1) is 37.7. The number of carbonyl (C=O) groups is 3. The predicted molar refractivity (Wildman–Crippen MR) is 209 cm³/mol. The number of fused-ring (bicyclic) bond motifs is 1. The predicted octanol–water partition coefficient (Wildman–Crippen LogP) is 6.50. The van der Waals surface area contributed by atoms with E-state index in [1.165, 1.54) is 7.11 Å². The van der Waals surface area contributed by atoms with Crippen LogP contribution in [0.1, 0.15) is 102 Å². The van der Waals surface area contributed by atoms with Gasteiger partial charge in [0, 0.05) is 36.4 Å². The molecule has 7 rings (SSSR count). The number of likely N-dealkylation sites (tertiary alicyclic amines) is 2. The highest BCUT2D eigenvalue weighted by atomic mass is 16.7. The Morgan fingerprint density at radius 3 is 2.38 bits per heavy atom. The zero-order valence-electron chi connectivity index (χ0n) is 32.6. The van der Waals surface area contributed by atoms with Crippen LogP contribution in [-0.4, -0.2) is 85.2 Å². The average Bonchev–Trinajstić information content (AvgIpc) is 4.02. The Morgan fingerprint density at radius 1 is 0.945 bits per heavy atom. The Morgan fingerprint density at radius 2 is 1.69 bits per heavy atom. The summed E-state index contributed by atoms with van der Waals surface area (Å²) in [4.78, 5) is 65.4. The molecule has 2 aromatic carbocycles. The van der Waals surface area contributed by atoms with Gasteiger partial charge >= 0.3 is 6.09 Å². The zero-order chi connectivity index (χ0) is 39.0. The zero-order valence-corrected chi connectivity index (χ0v) is 32.6. The van der Waals surface area contributed by atoms with Crippen molar-refractivity contribution >= 4 is 34.7 Å². The highest BCUT2D eigenvalue weighted by molar-refractivity contribution is 5.87. The fraction of sp³-hybridized carbons (Fsp3) is 0.476. The molecule has 0 radical (unpaired) electrons. The smallest absolute Gasteiger partial charge is 0.407 e. The van der Waals surface area contributed by atoms with Crippen molar-refractivity contribution in [3.8, 4) is 23.1 Å². The number of aromatic amines is 2. The number of imidazole rings is 2. The molecule has 13 nitrogen and oxygen atoms in total. The molecular weight excluding hydrogens is 697 g/mol. The number of oxime groups is 1. The number of hydrogen-bond donors (Lipinski definition) is 3. The summed E-state index contributed by atoms with van der Waals surface area (Å²) in [7, 11) is 1.29. The van der Waals surface area contributed by atoms with Crippen LogP contribution in [0.15, 0.2) is 53.8 Å². The van der Waals surface area contributed by atoms with E-state index in [4.69, 9.17) is 14.6 Å². The Hall–Kier alpha value is -5.64. The quantitative estimate of drug-likeness (QED) is 0.174. The normalized spacial score (nSPS) is 21.8. The Labute approximate surface area is 321 Å². The topological polar surface area (TPSA) is 158 Å². The minimum atomic E-state index is -0.687. The lowest BCUT2D eigenvalue weighted by Crippen LogP contribution is -2.51. The summed E-state index contributed by atoms with van der Waals surface area (Å²) in [6.45, 7) is 13.0. The number of amides is 3. The molecule has 2 fully saturated rings. The van der Waals surface area contributed by atoms with Gasteiger partial charge < -0.3 is 34.7 Å². The molecule has 55 heavy (non-hydrogen) atoms. The van der Waals surface area contributed by atoms with E-state index in [0.29, 0.717) is 25.9 Å². The third-order valence-corrected chi connectivity index (χ3v) is 11.2. The van der Waals surface area contributed by atoms with E-state index in [2.05, 4.69) is 51.1 Å². The van der Waals surface area contributed by atoms with Gasteiger partial charge in [-0.05, 0) is 67.5 Å². The number of aromatic nitrogens is 4. The molecule has 13 heteroatoms. The molecule has 3 aliphatic rings. The van der Waals surface area contributed by atoms with Crippen molar-refractivity contribution in [3.63, 3.8) is 0 Å².